The average molecular weight is 210 g/mol. The molecule has 0 bridgehead atoms. The summed E-state index contributed by atoms with van der Waals surface area (Å²) in [6.07, 6.45) is 6.19. The standard InChI is InChI=1S/C11H18N2O2/c1-13-8-9(7-12-13)6-11(14)10-2-4-15-5-3-10/h7-8,10-11,14H,2-6H2,1H3. The van der Waals surface area contributed by atoms with E-state index in [1.807, 2.05) is 19.4 Å². The van der Waals surface area contributed by atoms with Crippen molar-refractivity contribution >= 4 is 0 Å². The lowest BCUT2D eigenvalue weighted by Gasteiger charge is -2.26. The Morgan fingerprint density at radius 2 is 2.33 bits per heavy atom. The number of aryl methyl sites for hydroxylation is 1. The molecule has 0 spiro atoms. The smallest absolute Gasteiger partial charge is 0.0611 e. The van der Waals surface area contributed by atoms with Gasteiger partial charge in [0.25, 0.3) is 0 Å². The van der Waals surface area contributed by atoms with Gasteiger partial charge in [0.1, 0.15) is 0 Å². The molecule has 0 saturated carbocycles. The van der Waals surface area contributed by atoms with E-state index in [-0.39, 0.29) is 6.10 Å². The van der Waals surface area contributed by atoms with Crippen LogP contribution in [-0.2, 0) is 18.2 Å². The number of aromatic nitrogens is 2. The quantitative estimate of drug-likeness (QED) is 0.801. The van der Waals surface area contributed by atoms with E-state index >= 15 is 0 Å². The van der Waals surface area contributed by atoms with Gasteiger partial charge in [0, 0.05) is 32.9 Å². The third-order valence-corrected chi connectivity index (χ3v) is 3.01. The Hall–Kier alpha value is -0.870. The Labute approximate surface area is 89.9 Å². The molecule has 4 heteroatoms. The Morgan fingerprint density at radius 3 is 2.93 bits per heavy atom. The van der Waals surface area contributed by atoms with E-state index in [0.29, 0.717) is 12.3 Å². The summed E-state index contributed by atoms with van der Waals surface area (Å²) >= 11 is 0. The van der Waals surface area contributed by atoms with Crippen LogP contribution in [0.3, 0.4) is 0 Å². The van der Waals surface area contributed by atoms with Gasteiger partial charge in [-0.2, -0.15) is 5.10 Å². The Morgan fingerprint density at radius 1 is 1.60 bits per heavy atom. The van der Waals surface area contributed by atoms with Crippen LogP contribution in [0.5, 0.6) is 0 Å². The van der Waals surface area contributed by atoms with Crippen molar-refractivity contribution in [1.82, 2.24) is 9.78 Å². The lowest BCUT2D eigenvalue weighted by molar-refractivity contribution is 0.00839. The van der Waals surface area contributed by atoms with Crippen molar-refractivity contribution in [2.45, 2.75) is 25.4 Å². The van der Waals surface area contributed by atoms with Crippen molar-refractivity contribution in [3.8, 4) is 0 Å². The molecule has 1 fully saturated rings. The number of hydrogen-bond acceptors (Lipinski definition) is 3. The Bertz CT molecular complexity index is 305. The molecule has 1 aliphatic rings. The minimum Gasteiger partial charge on any atom is -0.392 e. The molecule has 2 rings (SSSR count). The van der Waals surface area contributed by atoms with E-state index in [9.17, 15) is 5.11 Å². The normalized spacial score (nSPS) is 20.4. The van der Waals surface area contributed by atoms with E-state index in [1.165, 1.54) is 0 Å². The van der Waals surface area contributed by atoms with Gasteiger partial charge in [-0.25, -0.2) is 0 Å². The summed E-state index contributed by atoms with van der Waals surface area (Å²) in [4.78, 5) is 0. The van der Waals surface area contributed by atoms with Crippen molar-refractivity contribution in [3.05, 3.63) is 18.0 Å². The zero-order valence-corrected chi connectivity index (χ0v) is 9.09. The molecule has 1 atom stereocenters. The molecular weight excluding hydrogens is 192 g/mol. The van der Waals surface area contributed by atoms with E-state index in [1.54, 1.807) is 4.68 Å². The predicted octanol–water partition coefficient (Wildman–Crippen LogP) is 0.750. The number of rotatable bonds is 3. The van der Waals surface area contributed by atoms with Gasteiger partial charge in [-0.15, -0.1) is 0 Å². The van der Waals surface area contributed by atoms with Gasteiger partial charge in [0.05, 0.1) is 12.3 Å². The highest BCUT2D eigenvalue weighted by molar-refractivity contribution is 5.05. The van der Waals surface area contributed by atoms with Crippen LogP contribution in [-0.4, -0.2) is 34.2 Å². The van der Waals surface area contributed by atoms with Crippen LogP contribution in [0.4, 0.5) is 0 Å². The van der Waals surface area contributed by atoms with Gasteiger partial charge >= 0.3 is 0 Å². The number of aliphatic hydroxyl groups excluding tert-OH is 1. The summed E-state index contributed by atoms with van der Waals surface area (Å²) in [6.45, 7) is 1.57. The van der Waals surface area contributed by atoms with E-state index < -0.39 is 0 Å². The molecule has 0 radical (unpaired) electrons. The van der Waals surface area contributed by atoms with Crippen molar-refractivity contribution in [2.24, 2.45) is 13.0 Å². The van der Waals surface area contributed by atoms with Crippen LogP contribution in [0.2, 0.25) is 0 Å². The number of hydrogen-bond donors (Lipinski definition) is 1. The van der Waals surface area contributed by atoms with Crippen LogP contribution in [0.1, 0.15) is 18.4 Å². The highest BCUT2D eigenvalue weighted by Gasteiger charge is 2.22. The number of nitrogens with zero attached hydrogens (tertiary/aromatic N) is 2. The fourth-order valence-electron chi connectivity index (χ4n) is 2.09. The molecule has 0 aromatic carbocycles. The van der Waals surface area contributed by atoms with Crippen molar-refractivity contribution in [3.63, 3.8) is 0 Å². The molecule has 1 aromatic heterocycles. The van der Waals surface area contributed by atoms with Gasteiger partial charge in [-0.3, -0.25) is 4.68 Å². The summed E-state index contributed by atoms with van der Waals surface area (Å²) in [6, 6.07) is 0. The van der Waals surface area contributed by atoms with E-state index in [2.05, 4.69) is 5.10 Å². The monoisotopic (exact) mass is 210 g/mol. The minimum absolute atomic E-state index is 0.252. The molecule has 0 aliphatic carbocycles. The predicted molar refractivity (Wildman–Crippen MR) is 56.5 cm³/mol. The van der Waals surface area contributed by atoms with E-state index in [4.69, 9.17) is 4.74 Å². The second-order valence-corrected chi connectivity index (χ2v) is 4.24. The maximum absolute atomic E-state index is 10.0. The van der Waals surface area contributed by atoms with Crippen molar-refractivity contribution in [1.29, 1.82) is 0 Å². The molecule has 15 heavy (non-hydrogen) atoms. The third kappa shape index (κ3) is 2.79. The minimum atomic E-state index is -0.252. The Balaban J connectivity index is 1.88. The van der Waals surface area contributed by atoms with Crippen LogP contribution < -0.4 is 0 Å². The summed E-state index contributed by atoms with van der Waals surface area (Å²) in [7, 11) is 1.89. The highest BCUT2D eigenvalue weighted by atomic mass is 16.5. The van der Waals surface area contributed by atoms with Gasteiger partial charge < -0.3 is 9.84 Å². The zero-order chi connectivity index (χ0) is 10.7. The lowest BCUT2D eigenvalue weighted by Crippen LogP contribution is -2.28. The topological polar surface area (TPSA) is 47.3 Å². The van der Waals surface area contributed by atoms with Gasteiger partial charge in [-0.1, -0.05) is 0 Å². The van der Waals surface area contributed by atoms with E-state index in [0.717, 1.165) is 31.6 Å². The van der Waals surface area contributed by atoms with Crippen molar-refractivity contribution < 1.29 is 9.84 Å². The second-order valence-electron chi connectivity index (χ2n) is 4.24. The largest absolute Gasteiger partial charge is 0.392 e. The maximum Gasteiger partial charge on any atom is 0.0611 e. The van der Waals surface area contributed by atoms with Crippen LogP contribution in [0.25, 0.3) is 0 Å². The molecule has 0 amide bonds. The lowest BCUT2D eigenvalue weighted by atomic mass is 9.91. The first-order valence-electron chi connectivity index (χ1n) is 5.49. The first kappa shape index (κ1) is 10.6. The molecule has 1 saturated heterocycles. The number of aliphatic hydroxyl groups is 1. The third-order valence-electron chi connectivity index (χ3n) is 3.01. The van der Waals surface area contributed by atoms with Crippen LogP contribution in [0, 0.1) is 5.92 Å². The van der Waals surface area contributed by atoms with Crippen LogP contribution >= 0.6 is 0 Å². The number of ether oxygens (including phenoxy) is 1. The molecule has 1 N–H and O–H groups in total. The second kappa shape index (κ2) is 4.77. The maximum atomic E-state index is 10.0. The summed E-state index contributed by atoms with van der Waals surface area (Å²) in [5.41, 5.74) is 1.11. The SMILES string of the molecule is Cn1cc(CC(O)C2CCOCC2)cn1. The average Bonchev–Trinajstić information content (AvgIpc) is 2.65. The van der Waals surface area contributed by atoms with Gasteiger partial charge in [0.15, 0.2) is 0 Å². The fourth-order valence-corrected chi connectivity index (χ4v) is 2.09. The molecule has 2 heterocycles. The molecule has 1 aromatic rings. The zero-order valence-electron chi connectivity index (χ0n) is 9.09. The Kier molecular flexibility index (Phi) is 3.38. The summed E-state index contributed by atoms with van der Waals surface area (Å²) < 4.78 is 7.05. The first-order chi connectivity index (χ1) is 7.25. The molecule has 84 valence electrons. The molecule has 1 unspecified atom stereocenters. The van der Waals surface area contributed by atoms with Gasteiger partial charge in [-0.05, 0) is 24.3 Å². The molecule has 4 nitrogen and oxygen atoms in total. The van der Waals surface area contributed by atoms with Crippen LogP contribution in [0.15, 0.2) is 12.4 Å². The molecular formula is C11H18N2O2. The highest BCUT2D eigenvalue weighted by Crippen LogP contribution is 2.21. The fraction of sp³-hybridized carbons (Fsp3) is 0.727. The van der Waals surface area contributed by atoms with Crippen molar-refractivity contribution in [2.75, 3.05) is 13.2 Å². The molecule has 1 aliphatic heterocycles. The summed E-state index contributed by atoms with van der Waals surface area (Å²) in [5.74, 6) is 0.388. The first-order valence-corrected chi connectivity index (χ1v) is 5.49. The summed E-state index contributed by atoms with van der Waals surface area (Å²) in [5, 5.41) is 14.1. The van der Waals surface area contributed by atoms with Gasteiger partial charge in [0.2, 0.25) is 0 Å².